The molecule has 2 aromatic carbocycles. The molecule has 8 heteroatoms. The quantitative estimate of drug-likeness (QED) is 0.684. The molecule has 3 rings (SSSR count). The van der Waals surface area contributed by atoms with Gasteiger partial charge in [-0.2, -0.15) is 4.31 Å². The standard InChI is InChI=1S/C22H26Cl2N2O3S/c1-15-6-7-19(14-16(15)2)30(28,29)26-12-9-18(10-13-26)22(27)25-11-8-17-4-3-5-20(23)21(17)24/h3-7,14,18H,8-13H2,1-2H3,(H,25,27). The zero-order chi connectivity index (χ0) is 21.9. The number of hydrogen-bond acceptors (Lipinski definition) is 3. The van der Waals surface area contributed by atoms with E-state index < -0.39 is 10.0 Å². The lowest BCUT2D eigenvalue weighted by Gasteiger charge is -2.30. The Morgan fingerprint density at radius 1 is 1.10 bits per heavy atom. The highest BCUT2D eigenvalue weighted by atomic mass is 35.5. The first-order valence-corrected chi connectivity index (χ1v) is 12.2. The first-order valence-electron chi connectivity index (χ1n) is 9.98. The summed E-state index contributed by atoms with van der Waals surface area (Å²) in [6.45, 7) is 5.00. The lowest BCUT2D eigenvalue weighted by molar-refractivity contribution is -0.126. The second-order valence-corrected chi connectivity index (χ2v) is 10.4. The number of hydrogen-bond donors (Lipinski definition) is 1. The van der Waals surface area contributed by atoms with Gasteiger partial charge in [0.1, 0.15) is 0 Å². The average molecular weight is 469 g/mol. The zero-order valence-electron chi connectivity index (χ0n) is 17.1. The smallest absolute Gasteiger partial charge is 0.243 e. The molecule has 1 N–H and O–H groups in total. The van der Waals surface area contributed by atoms with E-state index in [0.29, 0.717) is 53.8 Å². The number of carbonyl (C=O) groups excluding carboxylic acids is 1. The van der Waals surface area contributed by atoms with Crippen LogP contribution in [0.25, 0.3) is 0 Å². The number of nitrogens with one attached hydrogen (secondary N) is 1. The van der Waals surface area contributed by atoms with Crippen LogP contribution in [0.5, 0.6) is 0 Å². The fourth-order valence-electron chi connectivity index (χ4n) is 3.59. The van der Waals surface area contributed by atoms with Crippen molar-refractivity contribution in [1.29, 1.82) is 0 Å². The normalized spacial score (nSPS) is 15.9. The van der Waals surface area contributed by atoms with Gasteiger partial charge in [0, 0.05) is 25.6 Å². The molecule has 0 radical (unpaired) electrons. The van der Waals surface area contributed by atoms with Crippen LogP contribution in [-0.4, -0.2) is 38.3 Å². The van der Waals surface area contributed by atoms with E-state index in [2.05, 4.69) is 5.32 Å². The number of benzene rings is 2. The highest BCUT2D eigenvalue weighted by Crippen LogP contribution is 2.27. The Kier molecular flexibility index (Phi) is 7.45. The van der Waals surface area contributed by atoms with Crippen LogP contribution >= 0.6 is 23.2 Å². The van der Waals surface area contributed by atoms with E-state index in [1.807, 2.05) is 32.0 Å². The minimum absolute atomic E-state index is 0.0450. The number of amides is 1. The first kappa shape index (κ1) is 23.1. The number of sulfonamides is 1. The molecule has 0 aromatic heterocycles. The first-order chi connectivity index (χ1) is 14.2. The summed E-state index contributed by atoms with van der Waals surface area (Å²) in [5, 5.41) is 3.95. The largest absolute Gasteiger partial charge is 0.356 e. The Bertz CT molecular complexity index is 1030. The van der Waals surface area contributed by atoms with Gasteiger partial charge in [-0.15, -0.1) is 0 Å². The molecule has 0 atom stereocenters. The van der Waals surface area contributed by atoms with Crippen molar-refractivity contribution < 1.29 is 13.2 Å². The van der Waals surface area contributed by atoms with Crippen LogP contribution in [0, 0.1) is 19.8 Å². The van der Waals surface area contributed by atoms with Crippen molar-refractivity contribution in [2.24, 2.45) is 5.92 Å². The lowest BCUT2D eigenvalue weighted by atomic mass is 9.97. The van der Waals surface area contributed by atoms with Gasteiger partial charge in [-0.25, -0.2) is 8.42 Å². The van der Waals surface area contributed by atoms with E-state index in [1.54, 1.807) is 18.2 Å². The number of aryl methyl sites for hydroxylation is 2. The molecule has 0 aliphatic carbocycles. The molecular weight excluding hydrogens is 443 g/mol. The van der Waals surface area contributed by atoms with Gasteiger partial charge < -0.3 is 5.32 Å². The third kappa shape index (κ3) is 5.17. The highest BCUT2D eigenvalue weighted by molar-refractivity contribution is 7.89. The molecule has 1 saturated heterocycles. The summed E-state index contributed by atoms with van der Waals surface area (Å²) >= 11 is 12.2. The highest BCUT2D eigenvalue weighted by Gasteiger charge is 2.32. The van der Waals surface area contributed by atoms with Crippen molar-refractivity contribution >= 4 is 39.1 Å². The van der Waals surface area contributed by atoms with Gasteiger partial charge >= 0.3 is 0 Å². The maximum atomic E-state index is 12.9. The summed E-state index contributed by atoms with van der Waals surface area (Å²) in [6.07, 6.45) is 1.60. The number of carbonyl (C=O) groups is 1. The molecule has 0 bridgehead atoms. The van der Waals surface area contributed by atoms with Crippen molar-refractivity contribution in [3.05, 3.63) is 63.1 Å². The SMILES string of the molecule is Cc1ccc(S(=O)(=O)N2CCC(C(=O)NCCc3cccc(Cl)c3Cl)CC2)cc1C. The van der Waals surface area contributed by atoms with Crippen molar-refractivity contribution in [3.63, 3.8) is 0 Å². The molecule has 1 aliphatic rings. The van der Waals surface area contributed by atoms with Gasteiger partial charge in [0.05, 0.1) is 14.9 Å². The summed E-state index contributed by atoms with van der Waals surface area (Å²) in [4.78, 5) is 12.8. The van der Waals surface area contributed by atoms with Crippen molar-refractivity contribution in [1.82, 2.24) is 9.62 Å². The Morgan fingerprint density at radius 2 is 1.80 bits per heavy atom. The second-order valence-electron chi connectivity index (χ2n) is 7.68. The minimum atomic E-state index is -3.54. The Labute approximate surface area is 188 Å². The number of nitrogens with zero attached hydrogens (tertiary/aromatic N) is 1. The molecule has 30 heavy (non-hydrogen) atoms. The summed E-state index contributed by atoms with van der Waals surface area (Å²) in [5.41, 5.74) is 2.90. The molecule has 1 aliphatic heterocycles. The van der Waals surface area contributed by atoms with Crippen molar-refractivity contribution in [2.75, 3.05) is 19.6 Å². The topological polar surface area (TPSA) is 66.5 Å². The average Bonchev–Trinajstić information content (AvgIpc) is 2.73. The van der Waals surface area contributed by atoms with E-state index in [1.165, 1.54) is 4.31 Å². The zero-order valence-corrected chi connectivity index (χ0v) is 19.4. The number of rotatable bonds is 6. The molecule has 1 amide bonds. The molecular formula is C22H26Cl2N2O3S. The lowest BCUT2D eigenvalue weighted by Crippen LogP contribution is -2.43. The van der Waals surface area contributed by atoms with Gasteiger partial charge in [0.25, 0.3) is 0 Å². The van der Waals surface area contributed by atoms with E-state index in [4.69, 9.17) is 23.2 Å². The van der Waals surface area contributed by atoms with Crippen molar-refractivity contribution in [3.8, 4) is 0 Å². The Morgan fingerprint density at radius 3 is 2.47 bits per heavy atom. The summed E-state index contributed by atoms with van der Waals surface area (Å²) in [6, 6.07) is 10.6. The fraction of sp³-hybridized carbons (Fsp3) is 0.409. The molecule has 0 unspecified atom stereocenters. The van der Waals surface area contributed by atoms with Gasteiger partial charge in [0.2, 0.25) is 15.9 Å². The Balaban J connectivity index is 1.52. The van der Waals surface area contributed by atoms with Crippen LogP contribution < -0.4 is 5.32 Å². The van der Waals surface area contributed by atoms with Crippen LogP contribution in [-0.2, 0) is 21.2 Å². The van der Waals surface area contributed by atoms with E-state index in [-0.39, 0.29) is 11.8 Å². The minimum Gasteiger partial charge on any atom is -0.356 e. The molecule has 1 heterocycles. The predicted octanol–water partition coefficient (Wildman–Crippen LogP) is 4.37. The third-order valence-electron chi connectivity index (χ3n) is 5.67. The van der Waals surface area contributed by atoms with Gasteiger partial charge in [-0.3, -0.25) is 4.79 Å². The van der Waals surface area contributed by atoms with Gasteiger partial charge in [0.15, 0.2) is 0 Å². The van der Waals surface area contributed by atoms with Gasteiger partial charge in [-0.05, 0) is 68.0 Å². The molecule has 162 valence electrons. The van der Waals surface area contributed by atoms with Crippen LogP contribution in [0.15, 0.2) is 41.3 Å². The van der Waals surface area contributed by atoms with Crippen LogP contribution in [0.1, 0.15) is 29.5 Å². The van der Waals surface area contributed by atoms with Crippen LogP contribution in [0.3, 0.4) is 0 Å². The molecule has 0 saturated carbocycles. The van der Waals surface area contributed by atoms with Crippen molar-refractivity contribution in [2.45, 2.75) is 38.0 Å². The van der Waals surface area contributed by atoms with E-state index in [9.17, 15) is 13.2 Å². The Hall–Kier alpha value is -1.60. The maximum Gasteiger partial charge on any atom is 0.243 e. The summed E-state index contributed by atoms with van der Waals surface area (Å²) in [5.74, 6) is -0.234. The second kappa shape index (κ2) is 9.69. The van der Waals surface area contributed by atoms with Crippen LogP contribution in [0.4, 0.5) is 0 Å². The van der Waals surface area contributed by atoms with E-state index >= 15 is 0 Å². The summed E-state index contributed by atoms with van der Waals surface area (Å²) < 4.78 is 27.3. The maximum absolute atomic E-state index is 12.9. The van der Waals surface area contributed by atoms with Gasteiger partial charge in [-0.1, -0.05) is 41.4 Å². The van der Waals surface area contributed by atoms with E-state index in [0.717, 1.165) is 16.7 Å². The number of halogens is 2. The number of piperidine rings is 1. The molecule has 5 nitrogen and oxygen atoms in total. The monoisotopic (exact) mass is 468 g/mol. The predicted molar refractivity (Wildman–Crippen MR) is 121 cm³/mol. The van der Waals surface area contributed by atoms with Crippen LogP contribution in [0.2, 0.25) is 10.0 Å². The summed E-state index contributed by atoms with van der Waals surface area (Å²) in [7, 11) is -3.54. The molecule has 0 spiro atoms. The molecule has 1 fully saturated rings. The molecule has 2 aromatic rings. The fourth-order valence-corrected chi connectivity index (χ4v) is 5.56. The third-order valence-corrected chi connectivity index (χ3v) is 8.42.